The van der Waals surface area contributed by atoms with E-state index in [1.807, 2.05) is 0 Å². The summed E-state index contributed by atoms with van der Waals surface area (Å²) in [6.45, 7) is 5.25. The summed E-state index contributed by atoms with van der Waals surface area (Å²) >= 11 is 0. The zero-order chi connectivity index (χ0) is 22.1. The Bertz CT molecular complexity index is 944. The number of hydrogen-bond acceptors (Lipinski definition) is 2. The number of hydrogen-bond donors (Lipinski definition) is 2. The fourth-order valence-corrected chi connectivity index (χ4v) is 7.06. The lowest BCUT2D eigenvalue weighted by Gasteiger charge is -2.56. The molecule has 4 aliphatic carbocycles. The van der Waals surface area contributed by atoms with Crippen LogP contribution in [0.1, 0.15) is 80.6 Å². The van der Waals surface area contributed by atoms with E-state index in [1.54, 1.807) is 0 Å². The highest BCUT2D eigenvalue weighted by Crippen LogP contribution is 2.55. The van der Waals surface area contributed by atoms with Crippen molar-refractivity contribution >= 4 is 11.6 Å². The van der Waals surface area contributed by atoms with E-state index in [2.05, 4.69) is 66.9 Å². The van der Waals surface area contributed by atoms with Gasteiger partial charge in [-0.3, -0.25) is 4.79 Å². The standard InChI is InChI=1S/C29H38N2O/c1-3-4-5-11-30-27-10-9-25(24-8-6-7-20(2)12-24)16-26(27)28(32)31-29-17-21-13-22(18-29)15-23(14-21)19-29/h6-10,12,16,21-23,30H,3-5,11,13-15,17-19H2,1-2H3,(H,31,32). The Morgan fingerprint density at radius 1 is 0.938 bits per heavy atom. The summed E-state index contributed by atoms with van der Waals surface area (Å²) in [5.41, 5.74) is 5.33. The average Bonchev–Trinajstić information content (AvgIpc) is 2.75. The van der Waals surface area contributed by atoms with Crippen LogP contribution >= 0.6 is 0 Å². The van der Waals surface area contributed by atoms with E-state index < -0.39 is 0 Å². The van der Waals surface area contributed by atoms with Crippen LogP contribution in [0, 0.1) is 24.7 Å². The predicted molar refractivity (Wildman–Crippen MR) is 133 cm³/mol. The second kappa shape index (κ2) is 8.92. The van der Waals surface area contributed by atoms with Gasteiger partial charge in [-0.25, -0.2) is 0 Å². The number of anilines is 1. The lowest BCUT2D eigenvalue weighted by molar-refractivity contribution is -0.0166. The summed E-state index contributed by atoms with van der Waals surface area (Å²) in [7, 11) is 0. The van der Waals surface area contributed by atoms with Crippen molar-refractivity contribution in [2.75, 3.05) is 11.9 Å². The number of amides is 1. The Morgan fingerprint density at radius 3 is 2.28 bits per heavy atom. The minimum Gasteiger partial charge on any atom is -0.384 e. The molecule has 0 spiro atoms. The second-order valence-corrected chi connectivity index (χ2v) is 10.9. The van der Waals surface area contributed by atoms with Crippen LogP contribution in [0.15, 0.2) is 42.5 Å². The zero-order valence-corrected chi connectivity index (χ0v) is 19.8. The van der Waals surface area contributed by atoms with Crippen LogP contribution < -0.4 is 10.6 Å². The summed E-state index contributed by atoms with van der Waals surface area (Å²) in [6.07, 6.45) is 11.3. The molecule has 0 aliphatic heterocycles. The molecule has 0 radical (unpaired) electrons. The molecule has 0 heterocycles. The summed E-state index contributed by atoms with van der Waals surface area (Å²) < 4.78 is 0. The van der Waals surface area contributed by atoms with Crippen molar-refractivity contribution in [1.29, 1.82) is 0 Å². The van der Waals surface area contributed by atoms with Gasteiger partial charge in [-0.2, -0.15) is 0 Å². The van der Waals surface area contributed by atoms with E-state index in [9.17, 15) is 4.79 Å². The molecular formula is C29H38N2O. The van der Waals surface area contributed by atoms with Crippen LogP contribution in [0.2, 0.25) is 0 Å². The van der Waals surface area contributed by atoms with Gasteiger partial charge in [-0.15, -0.1) is 0 Å². The number of aryl methyl sites for hydroxylation is 1. The number of nitrogens with one attached hydrogen (secondary N) is 2. The largest absolute Gasteiger partial charge is 0.384 e. The van der Waals surface area contributed by atoms with Gasteiger partial charge in [0.2, 0.25) is 0 Å². The highest BCUT2D eigenvalue weighted by atomic mass is 16.1. The monoisotopic (exact) mass is 430 g/mol. The first-order valence-corrected chi connectivity index (χ1v) is 12.8. The van der Waals surface area contributed by atoms with Gasteiger partial charge in [-0.05, 0) is 92.9 Å². The molecule has 4 saturated carbocycles. The lowest BCUT2D eigenvalue weighted by Crippen LogP contribution is -2.59. The fourth-order valence-electron chi connectivity index (χ4n) is 7.06. The van der Waals surface area contributed by atoms with Crippen LogP contribution in [0.25, 0.3) is 11.1 Å². The van der Waals surface area contributed by atoms with Gasteiger partial charge in [0, 0.05) is 17.8 Å². The molecule has 3 heteroatoms. The first-order valence-electron chi connectivity index (χ1n) is 12.8. The van der Waals surface area contributed by atoms with Gasteiger partial charge < -0.3 is 10.6 Å². The third kappa shape index (κ3) is 4.44. The Kier molecular flexibility index (Phi) is 6.01. The number of rotatable bonds is 8. The molecule has 2 aromatic carbocycles. The zero-order valence-electron chi connectivity index (χ0n) is 19.8. The van der Waals surface area contributed by atoms with Crippen molar-refractivity contribution in [3.05, 3.63) is 53.6 Å². The normalized spacial score (nSPS) is 28.0. The highest BCUT2D eigenvalue weighted by molar-refractivity contribution is 6.01. The summed E-state index contributed by atoms with van der Waals surface area (Å²) in [4.78, 5) is 13.7. The molecule has 2 N–H and O–H groups in total. The van der Waals surface area contributed by atoms with Crippen molar-refractivity contribution in [3.63, 3.8) is 0 Å². The van der Waals surface area contributed by atoms with E-state index in [1.165, 1.54) is 62.5 Å². The summed E-state index contributed by atoms with van der Waals surface area (Å²) in [5, 5.41) is 7.16. The van der Waals surface area contributed by atoms with Crippen LogP contribution in [-0.4, -0.2) is 18.0 Å². The molecule has 32 heavy (non-hydrogen) atoms. The van der Waals surface area contributed by atoms with E-state index >= 15 is 0 Å². The maximum Gasteiger partial charge on any atom is 0.253 e. The van der Waals surface area contributed by atoms with Gasteiger partial charge in [0.25, 0.3) is 5.91 Å². The van der Waals surface area contributed by atoms with E-state index in [0.717, 1.165) is 47.5 Å². The van der Waals surface area contributed by atoms with Crippen molar-refractivity contribution in [3.8, 4) is 11.1 Å². The molecule has 3 nitrogen and oxygen atoms in total. The van der Waals surface area contributed by atoms with Crippen LogP contribution in [0.4, 0.5) is 5.69 Å². The lowest BCUT2D eigenvalue weighted by atomic mass is 9.53. The van der Waals surface area contributed by atoms with Crippen molar-refractivity contribution in [1.82, 2.24) is 5.32 Å². The van der Waals surface area contributed by atoms with Crippen LogP contribution in [0.3, 0.4) is 0 Å². The maximum atomic E-state index is 13.7. The van der Waals surface area contributed by atoms with E-state index in [0.29, 0.717) is 0 Å². The van der Waals surface area contributed by atoms with Crippen molar-refractivity contribution in [2.45, 2.75) is 77.2 Å². The van der Waals surface area contributed by atoms with E-state index in [-0.39, 0.29) is 11.4 Å². The molecule has 4 fully saturated rings. The SMILES string of the molecule is CCCCCNc1ccc(-c2cccc(C)c2)cc1C(=O)NC12CC3CC(CC(C3)C1)C2. The molecule has 4 aliphatic rings. The number of carbonyl (C=O) groups is 1. The van der Waals surface area contributed by atoms with Crippen LogP contribution in [-0.2, 0) is 0 Å². The van der Waals surface area contributed by atoms with Gasteiger partial charge in [0.1, 0.15) is 0 Å². The van der Waals surface area contributed by atoms with Crippen LogP contribution in [0.5, 0.6) is 0 Å². The van der Waals surface area contributed by atoms with Crippen molar-refractivity contribution in [2.24, 2.45) is 17.8 Å². The van der Waals surface area contributed by atoms with Gasteiger partial charge >= 0.3 is 0 Å². The number of unbranched alkanes of at least 4 members (excludes halogenated alkanes) is 2. The predicted octanol–water partition coefficient (Wildman–Crippen LogP) is 6.96. The molecule has 0 unspecified atom stereocenters. The first kappa shape index (κ1) is 21.6. The average molecular weight is 431 g/mol. The smallest absolute Gasteiger partial charge is 0.253 e. The van der Waals surface area contributed by atoms with Gasteiger partial charge in [0.15, 0.2) is 0 Å². The Morgan fingerprint density at radius 2 is 1.62 bits per heavy atom. The third-order valence-corrected chi connectivity index (χ3v) is 8.13. The topological polar surface area (TPSA) is 41.1 Å². The van der Waals surface area contributed by atoms with Crippen molar-refractivity contribution < 1.29 is 4.79 Å². The third-order valence-electron chi connectivity index (χ3n) is 8.13. The maximum absolute atomic E-state index is 13.7. The Balaban J connectivity index is 1.41. The summed E-state index contributed by atoms with van der Waals surface area (Å²) in [6, 6.07) is 14.9. The quantitative estimate of drug-likeness (QED) is 0.444. The second-order valence-electron chi connectivity index (χ2n) is 10.9. The number of benzene rings is 2. The highest BCUT2D eigenvalue weighted by Gasteiger charge is 2.51. The molecule has 0 atom stereocenters. The van der Waals surface area contributed by atoms with Gasteiger partial charge in [0.05, 0.1) is 5.56 Å². The molecule has 6 rings (SSSR count). The molecule has 0 saturated heterocycles. The first-order chi connectivity index (χ1) is 15.5. The number of carbonyl (C=O) groups excluding carboxylic acids is 1. The minimum atomic E-state index is 0.0324. The summed E-state index contributed by atoms with van der Waals surface area (Å²) in [5.74, 6) is 2.59. The molecule has 2 aromatic rings. The molecule has 0 aromatic heterocycles. The van der Waals surface area contributed by atoms with Gasteiger partial charge in [-0.1, -0.05) is 55.7 Å². The minimum absolute atomic E-state index is 0.0324. The fraction of sp³-hybridized carbons (Fsp3) is 0.552. The van der Waals surface area contributed by atoms with E-state index in [4.69, 9.17) is 0 Å². The molecule has 1 amide bonds. The Labute approximate surface area is 193 Å². The molecule has 4 bridgehead atoms. The molecular weight excluding hydrogens is 392 g/mol. The Hall–Kier alpha value is -2.29. The molecule has 170 valence electrons.